The van der Waals surface area contributed by atoms with Crippen molar-refractivity contribution in [2.45, 2.75) is 32.9 Å². The van der Waals surface area contributed by atoms with Gasteiger partial charge in [0.15, 0.2) is 0 Å². The molecular formula is C21H24BrN5O2. The lowest BCUT2D eigenvalue weighted by molar-refractivity contribution is 0.173. The molecule has 3 rings (SSSR count). The van der Waals surface area contributed by atoms with Crippen LogP contribution in [0.25, 0.3) is 0 Å². The molecule has 1 aliphatic heterocycles. The Morgan fingerprint density at radius 3 is 2.69 bits per heavy atom. The second kappa shape index (κ2) is 8.70. The summed E-state index contributed by atoms with van der Waals surface area (Å²) in [5.74, 6) is 0.470. The maximum Gasteiger partial charge on any atom is 0.322 e. The van der Waals surface area contributed by atoms with Crippen LogP contribution in [0.4, 0.5) is 16.2 Å². The molecule has 1 aromatic heterocycles. The summed E-state index contributed by atoms with van der Waals surface area (Å²) < 4.78 is 5.96. The van der Waals surface area contributed by atoms with Gasteiger partial charge in [0.05, 0.1) is 12.7 Å². The SMILES string of the molecule is COc1cc(NC(=O)N2C[C@H](C)N(c3ccc(C#N)c(Br)c3)C[C@H]2C)cc(C)n1. The van der Waals surface area contributed by atoms with Crippen molar-refractivity contribution in [1.82, 2.24) is 9.88 Å². The molecule has 7 nitrogen and oxygen atoms in total. The van der Waals surface area contributed by atoms with Crippen LogP contribution in [-0.2, 0) is 0 Å². The van der Waals surface area contributed by atoms with Gasteiger partial charge in [0, 0.05) is 52.8 Å². The Balaban J connectivity index is 1.73. The van der Waals surface area contributed by atoms with Crippen molar-refractivity contribution >= 4 is 33.3 Å². The number of pyridine rings is 1. The quantitative estimate of drug-likeness (QED) is 0.747. The number of aromatic nitrogens is 1. The number of nitriles is 1. The molecule has 0 unspecified atom stereocenters. The highest BCUT2D eigenvalue weighted by Crippen LogP contribution is 2.28. The summed E-state index contributed by atoms with van der Waals surface area (Å²) in [6, 6.07) is 11.4. The average Bonchev–Trinajstić information content (AvgIpc) is 2.68. The van der Waals surface area contributed by atoms with E-state index in [-0.39, 0.29) is 18.1 Å². The molecule has 0 aliphatic carbocycles. The van der Waals surface area contributed by atoms with Crippen molar-refractivity contribution in [3.05, 3.63) is 46.1 Å². The van der Waals surface area contributed by atoms with Crippen LogP contribution in [0.3, 0.4) is 0 Å². The molecule has 152 valence electrons. The highest BCUT2D eigenvalue weighted by atomic mass is 79.9. The lowest BCUT2D eigenvalue weighted by Gasteiger charge is -2.45. The smallest absolute Gasteiger partial charge is 0.322 e. The van der Waals surface area contributed by atoms with Gasteiger partial charge in [0.1, 0.15) is 6.07 Å². The minimum Gasteiger partial charge on any atom is -0.481 e. The highest BCUT2D eigenvalue weighted by Gasteiger charge is 2.32. The summed E-state index contributed by atoms with van der Waals surface area (Å²) in [7, 11) is 1.55. The number of benzene rings is 1. The van der Waals surface area contributed by atoms with Gasteiger partial charge in [-0.05, 0) is 61.0 Å². The van der Waals surface area contributed by atoms with Crippen LogP contribution < -0.4 is 15.0 Å². The van der Waals surface area contributed by atoms with Gasteiger partial charge in [-0.25, -0.2) is 9.78 Å². The van der Waals surface area contributed by atoms with Crippen molar-refractivity contribution in [3.8, 4) is 11.9 Å². The molecule has 2 aromatic rings. The van der Waals surface area contributed by atoms with Gasteiger partial charge in [-0.2, -0.15) is 5.26 Å². The van der Waals surface area contributed by atoms with E-state index in [9.17, 15) is 4.79 Å². The minimum absolute atomic E-state index is 0.0189. The largest absolute Gasteiger partial charge is 0.481 e. The number of methoxy groups -OCH3 is 1. The summed E-state index contributed by atoms with van der Waals surface area (Å²) in [5, 5.41) is 12.1. The molecule has 0 bridgehead atoms. The number of piperazine rings is 1. The minimum atomic E-state index is -0.141. The van der Waals surface area contributed by atoms with E-state index in [1.807, 2.05) is 43.0 Å². The third-order valence-corrected chi connectivity index (χ3v) is 5.70. The van der Waals surface area contributed by atoms with Crippen LogP contribution in [0.5, 0.6) is 5.88 Å². The average molecular weight is 458 g/mol. The number of anilines is 2. The summed E-state index contributed by atoms with van der Waals surface area (Å²) in [4.78, 5) is 21.3. The Bertz CT molecular complexity index is 959. The fourth-order valence-corrected chi connectivity index (χ4v) is 4.01. The Morgan fingerprint density at radius 2 is 2.03 bits per heavy atom. The molecule has 1 saturated heterocycles. The third-order valence-electron chi connectivity index (χ3n) is 5.04. The number of aryl methyl sites for hydroxylation is 1. The number of urea groups is 1. The van der Waals surface area contributed by atoms with E-state index >= 15 is 0 Å². The van der Waals surface area contributed by atoms with Gasteiger partial charge in [-0.3, -0.25) is 0 Å². The molecule has 1 N–H and O–H groups in total. The van der Waals surface area contributed by atoms with Gasteiger partial charge in [0.2, 0.25) is 5.88 Å². The zero-order chi connectivity index (χ0) is 21.1. The van der Waals surface area contributed by atoms with Crippen LogP contribution >= 0.6 is 15.9 Å². The van der Waals surface area contributed by atoms with Crippen molar-refractivity contribution in [3.63, 3.8) is 0 Å². The monoisotopic (exact) mass is 457 g/mol. The van der Waals surface area contributed by atoms with Gasteiger partial charge in [-0.1, -0.05) is 0 Å². The lowest BCUT2D eigenvalue weighted by atomic mass is 10.1. The Kier molecular flexibility index (Phi) is 6.28. The van der Waals surface area contributed by atoms with E-state index in [2.05, 4.69) is 44.1 Å². The molecule has 2 atom stereocenters. The standard InChI is InChI=1S/C21H24BrN5O2/c1-13-7-17(8-20(24-13)29-4)25-21(28)27-12-14(2)26(11-15(27)3)18-6-5-16(10-23)19(22)9-18/h5-9,14-15H,11-12H2,1-4H3,(H,24,25,28)/t14-,15+/m0/s1. The number of ether oxygens (including phenoxy) is 1. The topological polar surface area (TPSA) is 81.5 Å². The van der Waals surface area contributed by atoms with Gasteiger partial charge >= 0.3 is 6.03 Å². The first kappa shape index (κ1) is 20.9. The molecule has 2 heterocycles. The van der Waals surface area contributed by atoms with E-state index in [4.69, 9.17) is 10.00 Å². The van der Waals surface area contributed by atoms with Crippen molar-refractivity contribution < 1.29 is 9.53 Å². The first-order valence-corrected chi connectivity index (χ1v) is 10.2. The molecule has 0 radical (unpaired) electrons. The Hall–Kier alpha value is -2.79. The molecule has 2 amide bonds. The summed E-state index contributed by atoms with van der Waals surface area (Å²) in [6.45, 7) is 7.28. The van der Waals surface area contributed by atoms with Crippen LogP contribution in [0.2, 0.25) is 0 Å². The van der Waals surface area contributed by atoms with Crippen molar-refractivity contribution in [1.29, 1.82) is 5.26 Å². The molecule has 8 heteroatoms. The summed E-state index contributed by atoms with van der Waals surface area (Å²) in [5.41, 5.74) is 3.08. The van der Waals surface area contributed by atoms with Crippen LogP contribution in [0.1, 0.15) is 25.1 Å². The number of hydrogen-bond donors (Lipinski definition) is 1. The zero-order valence-corrected chi connectivity index (χ0v) is 18.5. The number of halogens is 1. The van der Waals surface area contributed by atoms with E-state index < -0.39 is 0 Å². The highest BCUT2D eigenvalue weighted by molar-refractivity contribution is 9.10. The fraction of sp³-hybridized carbons (Fsp3) is 0.381. The van der Waals surface area contributed by atoms with E-state index in [1.165, 1.54) is 0 Å². The molecule has 1 aliphatic rings. The van der Waals surface area contributed by atoms with Gasteiger partial charge < -0.3 is 19.9 Å². The number of carbonyl (C=O) groups excluding carboxylic acids is 1. The summed E-state index contributed by atoms with van der Waals surface area (Å²) >= 11 is 3.46. The fourth-order valence-electron chi connectivity index (χ4n) is 3.55. The first-order valence-electron chi connectivity index (χ1n) is 9.39. The van der Waals surface area contributed by atoms with E-state index in [0.29, 0.717) is 30.2 Å². The molecule has 0 spiro atoms. The van der Waals surface area contributed by atoms with Gasteiger partial charge in [0.25, 0.3) is 0 Å². The molecule has 29 heavy (non-hydrogen) atoms. The number of carbonyl (C=O) groups is 1. The van der Waals surface area contributed by atoms with Gasteiger partial charge in [-0.15, -0.1) is 0 Å². The van der Waals surface area contributed by atoms with Crippen LogP contribution in [-0.4, -0.2) is 48.2 Å². The Morgan fingerprint density at radius 1 is 1.28 bits per heavy atom. The second-order valence-electron chi connectivity index (χ2n) is 7.25. The van der Waals surface area contributed by atoms with Crippen LogP contribution in [0.15, 0.2) is 34.8 Å². The molecular weight excluding hydrogens is 434 g/mol. The number of rotatable bonds is 3. The number of nitrogens with zero attached hydrogens (tertiary/aromatic N) is 4. The maximum atomic E-state index is 12.9. The number of amides is 2. The predicted octanol–water partition coefficient (Wildman–Crippen LogP) is 4.16. The van der Waals surface area contributed by atoms with E-state index in [1.54, 1.807) is 13.2 Å². The van der Waals surface area contributed by atoms with Crippen molar-refractivity contribution in [2.75, 3.05) is 30.4 Å². The molecule has 0 saturated carbocycles. The normalized spacial score (nSPS) is 18.9. The maximum absolute atomic E-state index is 12.9. The third kappa shape index (κ3) is 4.62. The lowest BCUT2D eigenvalue weighted by Crippen LogP contribution is -2.59. The van der Waals surface area contributed by atoms with E-state index in [0.717, 1.165) is 15.9 Å². The Labute approximate surface area is 179 Å². The summed E-state index contributed by atoms with van der Waals surface area (Å²) in [6.07, 6.45) is 0. The number of nitrogens with one attached hydrogen (secondary N) is 1. The predicted molar refractivity (Wildman–Crippen MR) is 116 cm³/mol. The molecule has 1 aromatic carbocycles. The first-order chi connectivity index (χ1) is 13.8. The molecule has 1 fully saturated rings. The van der Waals surface area contributed by atoms with Crippen molar-refractivity contribution in [2.24, 2.45) is 0 Å². The van der Waals surface area contributed by atoms with Crippen LogP contribution in [0, 0.1) is 18.3 Å². The zero-order valence-electron chi connectivity index (χ0n) is 16.9. The number of hydrogen-bond acceptors (Lipinski definition) is 5. The second-order valence-corrected chi connectivity index (χ2v) is 8.10.